The van der Waals surface area contributed by atoms with Crippen molar-refractivity contribution in [2.45, 2.75) is 6.92 Å². The maximum Gasteiger partial charge on any atom is 0.294 e. The zero-order valence-corrected chi connectivity index (χ0v) is 6.52. The van der Waals surface area contributed by atoms with Crippen molar-refractivity contribution in [2.75, 3.05) is 13.2 Å². The molecule has 1 aromatic heterocycles. The number of aromatic nitrogens is 2. The molecular weight excluding hydrogens is 150 g/mol. The molecule has 1 heterocycles. The summed E-state index contributed by atoms with van der Waals surface area (Å²) in [6.07, 6.45) is 0. The van der Waals surface area contributed by atoms with Gasteiger partial charge in [0.2, 0.25) is 0 Å². The van der Waals surface area contributed by atoms with Crippen LogP contribution in [-0.4, -0.2) is 23.3 Å². The molecular formula is C5H9N3OS. The van der Waals surface area contributed by atoms with Crippen LogP contribution in [0, 0.1) is 6.92 Å². The van der Waals surface area contributed by atoms with E-state index >= 15 is 0 Å². The van der Waals surface area contributed by atoms with E-state index in [1.165, 1.54) is 11.3 Å². The van der Waals surface area contributed by atoms with Crippen LogP contribution in [0.5, 0.6) is 5.19 Å². The highest BCUT2D eigenvalue weighted by Crippen LogP contribution is 2.15. The third-order valence-corrected chi connectivity index (χ3v) is 1.60. The number of nitrogens with zero attached hydrogens (tertiary/aromatic N) is 2. The Bertz CT molecular complexity index is 201. The maximum atomic E-state index is 5.21. The van der Waals surface area contributed by atoms with E-state index in [1.54, 1.807) is 0 Å². The van der Waals surface area contributed by atoms with E-state index in [0.717, 1.165) is 5.01 Å². The van der Waals surface area contributed by atoms with Crippen LogP contribution in [0.25, 0.3) is 0 Å². The Kier molecular flexibility index (Phi) is 2.58. The van der Waals surface area contributed by atoms with Gasteiger partial charge in [0.1, 0.15) is 11.6 Å². The summed E-state index contributed by atoms with van der Waals surface area (Å²) in [4.78, 5) is 0. The van der Waals surface area contributed by atoms with Crippen molar-refractivity contribution >= 4 is 11.3 Å². The standard InChI is InChI=1S/C5H9N3OS/c1-4-7-8-5(10-4)9-3-2-6/h2-3,6H2,1H3. The molecule has 5 heteroatoms. The van der Waals surface area contributed by atoms with E-state index in [-0.39, 0.29) is 0 Å². The van der Waals surface area contributed by atoms with Gasteiger partial charge in [-0.3, -0.25) is 0 Å². The molecule has 0 bridgehead atoms. The second kappa shape index (κ2) is 3.48. The first-order valence-electron chi connectivity index (χ1n) is 2.96. The number of rotatable bonds is 3. The molecule has 4 nitrogen and oxygen atoms in total. The molecule has 56 valence electrons. The van der Waals surface area contributed by atoms with Crippen LogP contribution in [0.3, 0.4) is 0 Å². The van der Waals surface area contributed by atoms with E-state index in [9.17, 15) is 0 Å². The minimum Gasteiger partial charge on any atom is -0.468 e. The summed E-state index contributed by atoms with van der Waals surface area (Å²) in [5, 5.41) is 9.03. The van der Waals surface area contributed by atoms with E-state index in [2.05, 4.69) is 10.2 Å². The quantitative estimate of drug-likeness (QED) is 0.683. The molecule has 1 aromatic rings. The number of ether oxygens (including phenoxy) is 1. The Hall–Kier alpha value is -0.680. The van der Waals surface area contributed by atoms with Crippen LogP contribution in [0.15, 0.2) is 0 Å². The van der Waals surface area contributed by atoms with Gasteiger partial charge in [-0.15, -0.1) is 10.2 Å². The fourth-order valence-corrected chi connectivity index (χ4v) is 1.04. The SMILES string of the molecule is Cc1nnc(OCCN)s1. The minimum atomic E-state index is 0.509. The predicted octanol–water partition coefficient (Wildman–Crippen LogP) is 0.184. The zero-order valence-electron chi connectivity index (χ0n) is 5.70. The van der Waals surface area contributed by atoms with Gasteiger partial charge in [0.25, 0.3) is 5.19 Å². The van der Waals surface area contributed by atoms with Crippen LogP contribution in [-0.2, 0) is 0 Å². The number of hydrogen-bond donors (Lipinski definition) is 1. The molecule has 0 saturated heterocycles. The second-order valence-electron chi connectivity index (χ2n) is 1.72. The summed E-state index contributed by atoms with van der Waals surface area (Å²) in [5.41, 5.74) is 5.21. The molecule has 0 aliphatic heterocycles. The largest absolute Gasteiger partial charge is 0.468 e. The average Bonchev–Trinajstić information content (AvgIpc) is 2.31. The highest BCUT2D eigenvalue weighted by molar-refractivity contribution is 7.12. The first-order valence-corrected chi connectivity index (χ1v) is 3.77. The van der Waals surface area contributed by atoms with E-state index < -0.39 is 0 Å². The lowest BCUT2D eigenvalue weighted by Gasteiger charge is -1.94. The van der Waals surface area contributed by atoms with E-state index in [0.29, 0.717) is 18.3 Å². The van der Waals surface area contributed by atoms with Crippen LogP contribution < -0.4 is 10.5 Å². The number of nitrogens with two attached hydrogens (primary N) is 1. The van der Waals surface area contributed by atoms with Crippen molar-refractivity contribution in [3.63, 3.8) is 0 Å². The zero-order chi connectivity index (χ0) is 7.40. The van der Waals surface area contributed by atoms with Gasteiger partial charge < -0.3 is 10.5 Å². The monoisotopic (exact) mass is 159 g/mol. The van der Waals surface area contributed by atoms with E-state index in [4.69, 9.17) is 10.5 Å². The van der Waals surface area contributed by atoms with Crippen molar-refractivity contribution < 1.29 is 4.74 Å². The van der Waals surface area contributed by atoms with Gasteiger partial charge in [-0.2, -0.15) is 0 Å². The molecule has 0 aromatic carbocycles. The fourth-order valence-electron chi connectivity index (χ4n) is 0.483. The van der Waals surface area contributed by atoms with Crippen molar-refractivity contribution in [2.24, 2.45) is 5.73 Å². The highest BCUT2D eigenvalue weighted by Gasteiger charge is 1.98. The van der Waals surface area contributed by atoms with Gasteiger partial charge in [0.05, 0.1) is 0 Å². The topological polar surface area (TPSA) is 61.0 Å². The van der Waals surface area contributed by atoms with Gasteiger partial charge in [-0.25, -0.2) is 0 Å². The second-order valence-corrected chi connectivity index (χ2v) is 2.87. The molecule has 2 N–H and O–H groups in total. The maximum absolute atomic E-state index is 5.21. The van der Waals surface area contributed by atoms with Crippen molar-refractivity contribution in [1.82, 2.24) is 10.2 Å². The van der Waals surface area contributed by atoms with E-state index in [1.807, 2.05) is 6.92 Å². The minimum absolute atomic E-state index is 0.509. The summed E-state index contributed by atoms with van der Waals surface area (Å²) in [6, 6.07) is 0. The van der Waals surface area contributed by atoms with Gasteiger partial charge in [0, 0.05) is 6.54 Å². The van der Waals surface area contributed by atoms with Gasteiger partial charge >= 0.3 is 0 Å². The summed E-state index contributed by atoms with van der Waals surface area (Å²) in [7, 11) is 0. The van der Waals surface area contributed by atoms with Crippen LogP contribution in [0.1, 0.15) is 5.01 Å². The van der Waals surface area contributed by atoms with Crippen LogP contribution in [0.4, 0.5) is 0 Å². The summed E-state index contributed by atoms with van der Waals surface area (Å²) < 4.78 is 5.10. The molecule has 0 atom stereocenters. The summed E-state index contributed by atoms with van der Waals surface area (Å²) in [6.45, 7) is 2.90. The summed E-state index contributed by atoms with van der Waals surface area (Å²) in [5.74, 6) is 0. The first-order chi connectivity index (χ1) is 4.83. The molecule has 0 amide bonds. The Morgan fingerprint density at radius 3 is 2.90 bits per heavy atom. The smallest absolute Gasteiger partial charge is 0.294 e. The molecule has 10 heavy (non-hydrogen) atoms. The van der Waals surface area contributed by atoms with Crippen molar-refractivity contribution in [3.8, 4) is 5.19 Å². The third-order valence-electron chi connectivity index (χ3n) is 0.851. The first kappa shape index (κ1) is 7.43. The average molecular weight is 159 g/mol. The molecule has 0 aliphatic carbocycles. The number of hydrogen-bond acceptors (Lipinski definition) is 5. The molecule has 0 fully saturated rings. The Morgan fingerprint density at radius 2 is 2.40 bits per heavy atom. The van der Waals surface area contributed by atoms with Gasteiger partial charge in [0.15, 0.2) is 0 Å². The molecule has 0 radical (unpaired) electrons. The normalized spacial score (nSPS) is 9.80. The molecule has 1 rings (SSSR count). The van der Waals surface area contributed by atoms with Crippen molar-refractivity contribution in [3.05, 3.63) is 5.01 Å². The van der Waals surface area contributed by atoms with Gasteiger partial charge in [-0.05, 0) is 6.92 Å². The van der Waals surface area contributed by atoms with Crippen LogP contribution >= 0.6 is 11.3 Å². The van der Waals surface area contributed by atoms with Crippen molar-refractivity contribution in [1.29, 1.82) is 0 Å². The lowest BCUT2D eigenvalue weighted by atomic mass is 10.7. The lowest BCUT2D eigenvalue weighted by molar-refractivity contribution is 0.323. The predicted molar refractivity (Wildman–Crippen MR) is 39.2 cm³/mol. The lowest BCUT2D eigenvalue weighted by Crippen LogP contribution is -2.10. The molecule has 0 unspecified atom stereocenters. The highest BCUT2D eigenvalue weighted by atomic mass is 32.1. The fraction of sp³-hybridized carbons (Fsp3) is 0.600. The summed E-state index contributed by atoms with van der Waals surface area (Å²) >= 11 is 1.43. The molecule has 0 saturated carbocycles. The molecule has 0 aliphatic rings. The third kappa shape index (κ3) is 1.93. The van der Waals surface area contributed by atoms with Gasteiger partial charge in [-0.1, -0.05) is 11.3 Å². The Morgan fingerprint density at radius 1 is 1.60 bits per heavy atom. The Balaban J connectivity index is 2.42. The number of aryl methyl sites for hydroxylation is 1. The van der Waals surface area contributed by atoms with Crippen LogP contribution in [0.2, 0.25) is 0 Å². The molecule has 0 spiro atoms. The Labute approximate surface area is 63.0 Å².